The number of benzene rings is 1. The molecule has 0 heterocycles. The van der Waals surface area contributed by atoms with Gasteiger partial charge in [0.15, 0.2) is 0 Å². The fraction of sp³-hybridized carbons (Fsp3) is 0.385. The van der Waals surface area contributed by atoms with Gasteiger partial charge in [-0.3, -0.25) is 4.79 Å². The molecule has 1 aliphatic carbocycles. The Morgan fingerprint density at radius 2 is 1.94 bits per heavy atom. The molecule has 0 aromatic heterocycles. The van der Waals surface area contributed by atoms with E-state index in [0.29, 0.717) is 17.9 Å². The fourth-order valence-corrected chi connectivity index (χ4v) is 1.74. The number of amides is 1. The quantitative estimate of drug-likeness (QED) is 0.813. The van der Waals surface area contributed by atoms with Crippen molar-refractivity contribution in [2.75, 3.05) is 0 Å². The van der Waals surface area contributed by atoms with Crippen LogP contribution < -0.4 is 5.32 Å². The first-order valence-electron chi connectivity index (χ1n) is 5.75. The predicted molar refractivity (Wildman–Crippen MR) is 62.7 cm³/mol. The molecule has 1 amide bonds. The molecule has 1 aromatic rings. The zero-order valence-corrected chi connectivity index (χ0v) is 9.43. The largest absolute Gasteiger partial charge is 0.480 e. The van der Waals surface area contributed by atoms with Gasteiger partial charge >= 0.3 is 5.97 Å². The van der Waals surface area contributed by atoms with Gasteiger partial charge in [0.2, 0.25) is 0 Å². The Balaban J connectivity index is 1.97. The van der Waals surface area contributed by atoms with Gasteiger partial charge in [-0.05, 0) is 24.5 Å². The van der Waals surface area contributed by atoms with E-state index in [9.17, 15) is 9.59 Å². The zero-order valence-electron chi connectivity index (χ0n) is 9.43. The third-order valence-electron chi connectivity index (χ3n) is 2.91. The first kappa shape index (κ1) is 11.6. The van der Waals surface area contributed by atoms with Crippen molar-refractivity contribution >= 4 is 11.9 Å². The van der Waals surface area contributed by atoms with Crippen LogP contribution in [-0.4, -0.2) is 23.0 Å². The summed E-state index contributed by atoms with van der Waals surface area (Å²) in [7, 11) is 0. The van der Waals surface area contributed by atoms with Crippen molar-refractivity contribution in [3.63, 3.8) is 0 Å². The minimum absolute atomic E-state index is 0.321. The molecule has 0 aliphatic heterocycles. The van der Waals surface area contributed by atoms with Crippen LogP contribution in [0.2, 0.25) is 0 Å². The Hall–Kier alpha value is -1.84. The van der Waals surface area contributed by atoms with E-state index in [1.807, 2.05) is 6.07 Å². The highest BCUT2D eigenvalue weighted by atomic mass is 16.4. The summed E-state index contributed by atoms with van der Waals surface area (Å²) in [5.41, 5.74) is 0.495. The highest BCUT2D eigenvalue weighted by molar-refractivity contribution is 5.96. The summed E-state index contributed by atoms with van der Waals surface area (Å²) in [5.74, 6) is -0.813. The van der Waals surface area contributed by atoms with Gasteiger partial charge in [0.25, 0.3) is 5.91 Å². The van der Waals surface area contributed by atoms with Crippen LogP contribution in [0.5, 0.6) is 0 Å². The number of rotatable bonds is 5. The number of carboxylic acid groups (broad SMARTS) is 1. The minimum Gasteiger partial charge on any atom is -0.480 e. The average Bonchev–Trinajstić information content (AvgIpc) is 3.13. The second-order valence-corrected chi connectivity index (χ2v) is 4.41. The first-order valence-corrected chi connectivity index (χ1v) is 5.75. The molecular formula is C13H15NO3. The lowest BCUT2D eigenvalue weighted by Gasteiger charge is -2.13. The van der Waals surface area contributed by atoms with E-state index >= 15 is 0 Å². The molecule has 1 atom stereocenters. The Morgan fingerprint density at radius 3 is 2.47 bits per heavy atom. The van der Waals surface area contributed by atoms with Crippen LogP contribution in [0.1, 0.15) is 29.6 Å². The molecule has 0 saturated heterocycles. The zero-order chi connectivity index (χ0) is 12.3. The van der Waals surface area contributed by atoms with Gasteiger partial charge in [0.05, 0.1) is 0 Å². The number of carbonyl (C=O) groups is 2. The molecule has 1 fully saturated rings. The fourth-order valence-electron chi connectivity index (χ4n) is 1.74. The standard InChI is InChI=1S/C13H15NO3/c15-12(10-4-2-1-3-5-10)14-11(13(16)17)8-9-6-7-9/h1-5,9,11H,6-8H2,(H,14,15)(H,16,17). The van der Waals surface area contributed by atoms with Crippen LogP contribution in [0.3, 0.4) is 0 Å². The Morgan fingerprint density at radius 1 is 1.29 bits per heavy atom. The van der Waals surface area contributed by atoms with Crippen LogP contribution in [0.4, 0.5) is 0 Å². The highest BCUT2D eigenvalue weighted by Crippen LogP contribution is 2.33. The number of nitrogens with one attached hydrogen (secondary N) is 1. The van der Waals surface area contributed by atoms with E-state index in [0.717, 1.165) is 12.8 Å². The average molecular weight is 233 g/mol. The summed E-state index contributed by atoms with van der Waals surface area (Å²) in [6.07, 6.45) is 2.68. The van der Waals surface area contributed by atoms with Gasteiger partial charge in [-0.25, -0.2) is 4.79 Å². The van der Waals surface area contributed by atoms with Gasteiger partial charge in [0.1, 0.15) is 6.04 Å². The summed E-state index contributed by atoms with van der Waals surface area (Å²) in [5, 5.41) is 11.6. The molecule has 2 N–H and O–H groups in total. The van der Waals surface area contributed by atoms with Gasteiger partial charge in [-0.1, -0.05) is 31.0 Å². The van der Waals surface area contributed by atoms with Crippen molar-refractivity contribution in [1.82, 2.24) is 5.32 Å². The molecule has 0 spiro atoms. The molecule has 0 bridgehead atoms. The lowest BCUT2D eigenvalue weighted by molar-refractivity contribution is -0.139. The van der Waals surface area contributed by atoms with Crippen LogP contribution in [0, 0.1) is 5.92 Å². The molecule has 1 aromatic carbocycles. The minimum atomic E-state index is -0.957. The summed E-state index contributed by atoms with van der Waals surface area (Å²) in [6.45, 7) is 0. The summed E-state index contributed by atoms with van der Waals surface area (Å²) in [6, 6.07) is 7.90. The smallest absolute Gasteiger partial charge is 0.326 e. The molecule has 1 unspecified atom stereocenters. The molecule has 1 aliphatic rings. The van der Waals surface area contributed by atoms with Crippen LogP contribution in [-0.2, 0) is 4.79 Å². The van der Waals surface area contributed by atoms with Crippen LogP contribution in [0.15, 0.2) is 30.3 Å². The Labute approximate surface area is 99.6 Å². The van der Waals surface area contributed by atoms with Crippen molar-refractivity contribution in [2.45, 2.75) is 25.3 Å². The topological polar surface area (TPSA) is 66.4 Å². The van der Waals surface area contributed by atoms with E-state index in [-0.39, 0.29) is 5.91 Å². The number of hydrogen-bond acceptors (Lipinski definition) is 2. The van der Waals surface area contributed by atoms with E-state index in [1.165, 1.54) is 0 Å². The molecule has 90 valence electrons. The van der Waals surface area contributed by atoms with Crippen molar-refractivity contribution < 1.29 is 14.7 Å². The molecule has 1 saturated carbocycles. The molecule has 0 radical (unpaired) electrons. The van der Waals surface area contributed by atoms with Crippen molar-refractivity contribution in [3.8, 4) is 0 Å². The maximum atomic E-state index is 11.8. The van der Waals surface area contributed by atoms with Gasteiger partial charge < -0.3 is 10.4 Å². The molecule has 17 heavy (non-hydrogen) atoms. The van der Waals surface area contributed by atoms with Crippen molar-refractivity contribution in [3.05, 3.63) is 35.9 Å². The normalized spacial score (nSPS) is 16.2. The predicted octanol–water partition coefficient (Wildman–Crippen LogP) is 1.67. The van der Waals surface area contributed by atoms with Crippen molar-refractivity contribution in [1.29, 1.82) is 0 Å². The molecule has 2 rings (SSSR count). The maximum Gasteiger partial charge on any atom is 0.326 e. The van der Waals surface area contributed by atoms with Gasteiger partial charge in [0, 0.05) is 5.56 Å². The van der Waals surface area contributed by atoms with Crippen LogP contribution in [0.25, 0.3) is 0 Å². The third-order valence-corrected chi connectivity index (χ3v) is 2.91. The molecular weight excluding hydrogens is 218 g/mol. The second kappa shape index (κ2) is 4.99. The van der Waals surface area contributed by atoms with E-state index in [4.69, 9.17) is 5.11 Å². The third kappa shape index (κ3) is 3.31. The number of hydrogen-bond donors (Lipinski definition) is 2. The number of carbonyl (C=O) groups excluding carboxylic acids is 1. The SMILES string of the molecule is O=C(NC(CC1CC1)C(=O)O)c1ccccc1. The second-order valence-electron chi connectivity index (χ2n) is 4.41. The summed E-state index contributed by atoms with van der Waals surface area (Å²) >= 11 is 0. The maximum absolute atomic E-state index is 11.8. The van der Waals surface area contributed by atoms with E-state index in [2.05, 4.69) is 5.32 Å². The Kier molecular flexibility index (Phi) is 3.42. The lowest BCUT2D eigenvalue weighted by Crippen LogP contribution is -2.41. The van der Waals surface area contributed by atoms with E-state index < -0.39 is 12.0 Å². The Bertz CT molecular complexity index is 412. The van der Waals surface area contributed by atoms with Gasteiger partial charge in [-0.15, -0.1) is 0 Å². The van der Waals surface area contributed by atoms with Gasteiger partial charge in [-0.2, -0.15) is 0 Å². The monoisotopic (exact) mass is 233 g/mol. The molecule has 4 heteroatoms. The highest BCUT2D eigenvalue weighted by Gasteiger charge is 2.30. The van der Waals surface area contributed by atoms with E-state index in [1.54, 1.807) is 24.3 Å². The summed E-state index contributed by atoms with van der Waals surface area (Å²) < 4.78 is 0. The molecule has 4 nitrogen and oxygen atoms in total. The first-order chi connectivity index (χ1) is 8.16. The van der Waals surface area contributed by atoms with Crippen LogP contribution >= 0.6 is 0 Å². The lowest BCUT2D eigenvalue weighted by atomic mass is 10.1. The number of carboxylic acids is 1. The summed E-state index contributed by atoms with van der Waals surface area (Å²) in [4.78, 5) is 22.8. The number of aliphatic carboxylic acids is 1. The van der Waals surface area contributed by atoms with Crippen molar-refractivity contribution in [2.24, 2.45) is 5.92 Å².